The van der Waals surface area contributed by atoms with Crippen LogP contribution in [-0.2, 0) is 0 Å². The van der Waals surface area contributed by atoms with Gasteiger partial charge in [-0.2, -0.15) is 0 Å². The lowest BCUT2D eigenvalue weighted by Gasteiger charge is -2.39. The molecule has 2 heteroatoms. The van der Waals surface area contributed by atoms with Gasteiger partial charge < -0.3 is 5.32 Å². The van der Waals surface area contributed by atoms with Crippen LogP contribution in [-0.4, -0.2) is 5.78 Å². The topological polar surface area (TPSA) is 29.1 Å². The zero-order valence-electron chi connectivity index (χ0n) is 15.4. The molecule has 0 aromatic heterocycles. The van der Waals surface area contributed by atoms with E-state index in [1.807, 2.05) is 6.07 Å². The van der Waals surface area contributed by atoms with Crippen LogP contribution in [0.2, 0.25) is 0 Å². The summed E-state index contributed by atoms with van der Waals surface area (Å²) in [5.41, 5.74) is 8.73. The molecule has 0 radical (unpaired) electrons. The highest BCUT2D eigenvalue weighted by Crippen LogP contribution is 2.51. The van der Waals surface area contributed by atoms with E-state index in [0.717, 1.165) is 12.0 Å². The van der Waals surface area contributed by atoms with Gasteiger partial charge in [0.2, 0.25) is 0 Å². The summed E-state index contributed by atoms with van der Waals surface area (Å²) in [5.74, 6) is 1.03. The fraction of sp³-hybridized carbons (Fsp3) is 0.348. The second kappa shape index (κ2) is 5.87. The average Bonchev–Trinajstić information content (AvgIpc) is 3.03. The molecular formula is C23H25NO. The SMILES string of the molecule is CC(=O)c1ccc2c(c1)C1C=CCC1C(c1c(C)cc(C)cc1C)N2. The van der Waals surface area contributed by atoms with Crippen LogP contribution < -0.4 is 5.32 Å². The summed E-state index contributed by atoms with van der Waals surface area (Å²) in [4.78, 5) is 11.8. The van der Waals surface area contributed by atoms with Crippen LogP contribution in [0.3, 0.4) is 0 Å². The fourth-order valence-electron chi connectivity index (χ4n) is 4.78. The quantitative estimate of drug-likeness (QED) is 0.570. The molecule has 2 aromatic rings. The van der Waals surface area contributed by atoms with Crippen LogP contribution in [0, 0.1) is 26.7 Å². The van der Waals surface area contributed by atoms with Gasteiger partial charge in [-0.15, -0.1) is 0 Å². The molecule has 25 heavy (non-hydrogen) atoms. The monoisotopic (exact) mass is 331 g/mol. The first-order valence-corrected chi connectivity index (χ1v) is 9.11. The number of hydrogen-bond donors (Lipinski definition) is 1. The molecule has 2 aromatic carbocycles. The van der Waals surface area contributed by atoms with E-state index in [1.54, 1.807) is 6.92 Å². The molecular weight excluding hydrogens is 306 g/mol. The summed E-state index contributed by atoms with van der Waals surface area (Å²) in [6, 6.07) is 11.0. The number of ketones is 1. The highest BCUT2D eigenvalue weighted by molar-refractivity contribution is 5.95. The summed E-state index contributed by atoms with van der Waals surface area (Å²) in [5, 5.41) is 3.80. The molecule has 1 heterocycles. The maximum absolute atomic E-state index is 11.8. The van der Waals surface area contributed by atoms with Crippen LogP contribution in [0.4, 0.5) is 5.69 Å². The van der Waals surface area contributed by atoms with Crippen molar-refractivity contribution in [3.63, 3.8) is 0 Å². The number of hydrogen-bond acceptors (Lipinski definition) is 2. The van der Waals surface area contributed by atoms with Crippen molar-refractivity contribution in [2.75, 3.05) is 5.32 Å². The first-order valence-electron chi connectivity index (χ1n) is 9.11. The molecule has 0 spiro atoms. The van der Waals surface area contributed by atoms with Crippen LogP contribution in [0.25, 0.3) is 0 Å². The van der Waals surface area contributed by atoms with E-state index in [4.69, 9.17) is 0 Å². The number of anilines is 1. The second-order valence-electron chi connectivity index (χ2n) is 7.65. The lowest BCUT2D eigenvalue weighted by Crippen LogP contribution is -2.30. The first kappa shape index (κ1) is 16.1. The zero-order valence-corrected chi connectivity index (χ0v) is 15.4. The Morgan fingerprint density at radius 2 is 1.80 bits per heavy atom. The van der Waals surface area contributed by atoms with Gasteiger partial charge in [0.05, 0.1) is 6.04 Å². The Hall–Kier alpha value is -2.35. The molecule has 2 aliphatic rings. The minimum absolute atomic E-state index is 0.133. The van der Waals surface area contributed by atoms with E-state index in [9.17, 15) is 4.79 Å². The maximum atomic E-state index is 11.8. The Balaban J connectivity index is 1.83. The van der Waals surface area contributed by atoms with Crippen LogP contribution in [0.1, 0.15) is 63.5 Å². The normalized spacial score (nSPS) is 23.8. The number of carbonyl (C=O) groups is 1. The fourth-order valence-corrected chi connectivity index (χ4v) is 4.78. The van der Waals surface area contributed by atoms with Gasteiger partial charge in [-0.05, 0) is 80.5 Å². The van der Waals surface area contributed by atoms with Gasteiger partial charge in [0, 0.05) is 17.2 Å². The average molecular weight is 331 g/mol. The van der Waals surface area contributed by atoms with E-state index in [1.165, 1.54) is 33.5 Å². The molecule has 0 saturated carbocycles. The number of fused-ring (bicyclic) bond motifs is 3. The molecule has 0 bridgehead atoms. The molecule has 0 amide bonds. The molecule has 1 aliphatic heterocycles. The Morgan fingerprint density at radius 1 is 1.08 bits per heavy atom. The molecule has 3 atom stereocenters. The summed E-state index contributed by atoms with van der Waals surface area (Å²) in [7, 11) is 0. The van der Waals surface area contributed by atoms with E-state index in [2.05, 4.69) is 62.5 Å². The molecule has 128 valence electrons. The van der Waals surface area contributed by atoms with Gasteiger partial charge in [0.15, 0.2) is 5.78 Å². The van der Waals surface area contributed by atoms with Crippen molar-refractivity contribution < 1.29 is 4.79 Å². The van der Waals surface area contributed by atoms with Crippen LogP contribution >= 0.6 is 0 Å². The summed E-state index contributed by atoms with van der Waals surface area (Å²) in [6.07, 6.45) is 5.72. The minimum atomic E-state index is 0.133. The molecule has 4 rings (SSSR count). The maximum Gasteiger partial charge on any atom is 0.159 e. The largest absolute Gasteiger partial charge is 0.378 e. The van der Waals surface area contributed by atoms with Crippen molar-refractivity contribution in [1.82, 2.24) is 0 Å². The van der Waals surface area contributed by atoms with Crippen LogP contribution in [0.5, 0.6) is 0 Å². The first-order chi connectivity index (χ1) is 12.0. The van der Waals surface area contributed by atoms with Gasteiger partial charge in [-0.1, -0.05) is 29.8 Å². The standard InChI is InChI=1S/C23H25NO/c1-13-10-14(2)22(15(3)11-13)23-19-7-5-6-18(19)20-12-17(16(4)25)8-9-21(20)24-23/h5-6,8-12,18-19,23-24H,7H2,1-4H3. The third kappa shape index (κ3) is 2.60. The third-order valence-electron chi connectivity index (χ3n) is 5.82. The molecule has 1 N–H and O–H groups in total. The molecule has 2 nitrogen and oxygen atoms in total. The van der Waals surface area contributed by atoms with Crippen molar-refractivity contribution in [1.29, 1.82) is 0 Å². The number of carbonyl (C=O) groups excluding carboxylic acids is 1. The highest BCUT2D eigenvalue weighted by atomic mass is 16.1. The summed E-state index contributed by atoms with van der Waals surface area (Å²) in [6.45, 7) is 8.25. The Bertz CT molecular complexity index is 870. The van der Waals surface area contributed by atoms with Crippen molar-refractivity contribution in [3.8, 4) is 0 Å². The lowest BCUT2D eigenvalue weighted by atomic mass is 9.74. The summed E-state index contributed by atoms with van der Waals surface area (Å²) >= 11 is 0. The Morgan fingerprint density at radius 3 is 2.48 bits per heavy atom. The van der Waals surface area contributed by atoms with Gasteiger partial charge in [-0.25, -0.2) is 0 Å². The number of allylic oxidation sites excluding steroid dienone is 2. The van der Waals surface area contributed by atoms with Gasteiger partial charge in [-0.3, -0.25) is 4.79 Å². The van der Waals surface area contributed by atoms with Crippen molar-refractivity contribution in [2.45, 2.75) is 46.1 Å². The number of benzene rings is 2. The smallest absolute Gasteiger partial charge is 0.159 e. The third-order valence-corrected chi connectivity index (χ3v) is 5.82. The van der Waals surface area contributed by atoms with Gasteiger partial charge in [0.25, 0.3) is 0 Å². The number of rotatable bonds is 2. The Labute approximate surface area is 150 Å². The molecule has 3 unspecified atom stereocenters. The Kier molecular flexibility index (Phi) is 3.79. The molecule has 0 fully saturated rings. The molecule has 1 aliphatic carbocycles. The highest BCUT2D eigenvalue weighted by Gasteiger charge is 2.39. The van der Waals surface area contributed by atoms with Crippen molar-refractivity contribution >= 4 is 11.5 Å². The van der Waals surface area contributed by atoms with E-state index in [-0.39, 0.29) is 5.78 Å². The van der Waals surface area contributed by atoms with E-state index in [0.29, 0.717) is 17.9 Å². The van der Waals surface area contributed by atoms with E-state index >= 15 is 0 Å². The number of aryl methyl sites for hydroxylation is 3. The lowest BCUT2D eigenvalue weighted by molar-refractivity contribution is 0.101. The summed E-state index contributed by atoms with van der Waals surface area (Å²) < 4.78 is 0. The zero-order chi connectivity index (χ0) is 17.7. The van der Waals surface area contributed by atoms with Crippen LogP contribution in [0.15, 0.2) is 42.5 Å². The van der Waals surface area contributed by atoms with Crippen molar-refractivity contribution in [2.24, 2.45) is 5.92 Å². The van der Waals surface area contributed by atoms with E-state index < -0.39 is 0 Å². The second-order valence-corrected chi connectivity index (χ2v) is 7.65. The number of nitrogens with one attached hydrogen (secondary N) is 1. The van der Waals surface area contributed by atoms with Gasteiger partial charge >= 0.3 is 0 Å². The minimum Gasteiger partial charge on any atom is -0.378 e. The van der Waals surface area contributed by atoms with Gasteiger partial charge in [0.1, 0.15) is 0 Å². The predicted molar refractivity (Wildman–Crippen MR) is 103 cm³/mol. The van der Waals surface area contributed by atoms with Crippen molar-refractivity contribution in [3.05, 3.63) is 75.9 Å². The molecule has 0 saturated heterocycles. The predicted octanol–water partition coefficient (Wildman–Crippen LogP) is 5.64. The number of Topliss-reactive ketones (excluding diaryl/α,β-unsaturated/α-hetero) is 1.